The minimum absolute atomic E-state index is 0. The van der Waals surface area contributed by atoms with Gasteiger partial charge in [-0.3, -0.25) is 9.69 Å². The summed E-state index contributed by atoms with van der Waals surface area (Å²) in [6, 6.07) is 13.4. The first-order chi connectivity index (χ1) is 12.5. The van der Waals surface area contributed by atoms with Gasteiger partial charge in [-0.25, -0.2) is 4.98 Å². The Hall–Kier alpha value is -1.31. The summed E-state index contributed by atoms with van der Waals surface area (Å²) < 4.78 is 0.980. The molecule has 0 bridgehead atoms. The van der Waals surface area contributed by atoms with Crippen molar-refractivity contribution in [2.45, 2.75) is 4.90 Å². The summed E-state index contributed by atoms with van der Waals surface area (Å²) in [5, 5.41) is 1.28. The molecule has 0 spiro atoms. The molecule has 0 aliphatic rings. The van der Waals surface area contributed by atoms with Gasteiger partial charge in [-0.15, -0.1) is 24.2 Å². The van der Waals surface area contributed by atoms with E-state index in [9.17, 15) is 4.79 Å². The zero-order chi connectivity index (χ0) is 18.7. The van der Waals surface area contributed by atoms with E-state index in [0.29, 0.717) is 22.3 Å². The van der Waals surface area contributed by atoms with E-state index in [1.807, 2.05) is 62.8 Å². The van der Waals surface area contributed by atoms with Gasteiger partial charge in [-0.2, -0.15) is 0 Å². The molecule has 0 unspecified atom stereocenters. The van der Waals surface area contributed by atoms with E-state index in [-0.39, 0.29) is 18.3 Å². The van der Waals surface area contributed by atoms with Gasteiger partial charge in [0.15, 0.2) is 5.13 Å². The van der Waals surface area contributed by atoms with Gasteiger partial charge in [0, 0.05) is 18.0 Å². The van der Waals surface area contributed by atoms with E-state index >= 15 is 0 Å². The lowest BCUT2D eigenvalue weighted by molar-refractivity contribution is 0.0982. The van der Waals surface area contributed by atoms with Crippen LogP contribution in [0.1, 0.15) is 10.4 Å². The number of likely N-dealkylation sites (N-methyl/N-ethyl adjacent to an activating group) is 1. The molecule has 2 aromatic carbocycles. The van der Waals surface area contributed by atoms with E-state index in [1.54, 1.807) is 16.7 Å². The average Bonchev–Trinajstić information content (AvgIpc) is 3.06. The maximum Gasteiger partial charge on any atom is 0.261 e. The van der Waals surface area contributed by atoms with Gasteiger partial charge >= 0.3 is 0 Å². The van der Waals surface area contributed by atoms with Gasteiger partial charge in [0.1, 0.15) is 5.52 Å². The Morgan fingerprint density at radius 3 is 2.56 bits per heavy atom. The van der Waals surface area contributed by atoms with Crippen LogP contribution < -0.4 is 4.90 Å². The molecule has 0 atom stereocenters. The van der Waals surface area contributed by atoms with E-state index in [0.717, 1.165) is 21.7 Å². The first-order valence-electron chi connectivity index (χ1n) is 8.16. The average molecular weight is 442 g/mol. The predicted octanol–water partition coefficient (Wildman–Crippen LogP) is 5.30. The fourth-order valence-electron chi connectivity index (χ4n) is 2.57. The normalized spacial score (nSPS) is 10.9. The largest absolute Gasteiger partial charge is 0.308 e. The Bertz CT molecular complexity index is 930. The Morgan fingerprint density at radius 1 is 1.15 bits per heavy atom. The summed E-state index contributed by atoms with van der Waals surface area (Å²) >= 11 is 9.34. The van der Waals surface area contributed by atoms with E-state index < -0.39 is 0 Å². The van der Waals surface area contributed by atoms with Crippen molar-refractivity contribution in [3.05, 3.63) is 53.1 Å². The fraction of sp³-hybridized carbons (Fsp3) is 0.263. The zero-order valence-electron chi connectivity index (χ0n) is 15.3. The third kappa shape index (κ3) is 4.95. The second-order valence-corrected chi connectivity index (χ2v) is 8.31. The van der Waals surface area contributed by atoms with Crippen LogP contribution in [0.5, 0.6) is 0 Å². The summed E-state index contributed by atoms with van der Waals surface area (Å²) in [4.78, 5) is 22.8. The first kappa shape index (κ1) is 22.0. The number of nitrogens with zero attached hydrogens (tertiary/aromatic N) is 3. The quantitative estimate of drug-likeness (QED) is 0.486. The highest BCUT2D eigenvalue weighted by Crippen LogP contribution is 2.34. The van der Waals surface area contributed by atoms with Crippen LogP contribution >= 0.6 is 47.1 Å². The monoisotopic (exact) mass is 441 g/mol. The van der Waals surface area contributed by atoms with Crippen LogP contribution in [0.25, 0.3) is 10.2 Å². The highest BCUT2D eigenvalue weighted by molar-refractivity contribution is 7.98. The van der Waals surface area contributed by atoms with E-state index in [2.05, 4.69) is 9.88 Å². The molecule has 27 heavy (non-hydrogen) atoms. The van der Waals surface area contributed by atoms with Crippen LogP contribution in [0.3, 0.4) is 0 Å². The van der Waals surface area contributed by atoms with Crippen LogP contribution in [0, 0.1) is 0 Å². The molecule has 0 N–H and O–H groups in total. The number of hydrogen-bond donors (Lipinski definition) is 0. The van der Waals surface area contributed by atoms with E-state index in [4.69, 9.17) is 11.6 Å². The number of anilines is 1. The van der Waals surface area contributed by atoms with Gasteiger partial charge in [-0.05, 0) is 44.6 Å². The molecule has 3 aromatic rings. The summed E-state index contributed by atoms with van der Waals surface area (Å²) in [7, 11) is 3.99. The number of amides is 1. The minimum atomic E-state index is -0.0352. The van der Waals surface area contributed by atoms with Gasteiger partial charge in [0.05, 0.1) is 15.3 Å². The molecule has 0 radical (unpaired) electrons. The van der Waals surface area contributed by atoms with Crippen LogP contribution in [0.2, 0.25) is 5.02 Å². The molecule has 0 fully saturated rings. The molecule has 0 saturated heterocycles. The van der Waals surface area contributed by atoms with Gasteiger partial charge in [0.25, 0.3) is 5.91 Å². The smallest absolute Gasteiger partial charge is 0.261 e. The highest BCUT2D eigenvalue weighted by atomic mass is 35.5. The number of fused-ring (bicyclic) bond motifs is 1. The molecule has 0 aliphatic heterocycles. The topological polar surface area (TPSA) is 36.4 Å². The highest BCUT2D eigenvalue weighted by Gasteiger charge is 2.23. The number of benzene rings is 2. The summed E-state index contributed by atoms with van der Waals surface area (Å²) in [5.74, 6) is -0.0352. The lowest BCUT2D eigenvalue weighted by atomic mass is 10.2. The standard InChI is InChI=1S/C19H20ClN3OS2.ClH/c1-22(2)11-12-23(18(24)13-7-4-5-9-15(13)25-3)19-21-17-14(20)8-6-10-16(17)26-19;/h4-10H,11-12H2,1-3H3;1H. The molecule has 0 saturated carbocycles. The lowest BCUT2D eigenvalue weighted by Crippen LogP contribution is -2.37. The Morgan fingerprint density at radius 2 is 1.89 bits per heavy atom. The molecular weight excluding hydrogens is 421 g/mol. The number of aromatic nitrogens is 1. The number of halogens is 2. The summed E-state index contributed by atoms with van der Waals surface area (Å²) in [6.07, 6.45) is 1.98. The van der Waals surface area contributed by atoms with Crippen LogP contribution in [0.4, 0.5) is 5.13 Å². The van der Waals surface area contributed by atoms with Gasteiger partial charge in [0.2, 0.25) is 0 Å². The molecular formula is C19H21Cl2N3OS2. The fourth-order valence-corrected chi connectivity index (χ4v) is 4.45. The maximum atomic E-state index is 13.3. The molecule has 4 nitrogen and oxygen atoms in total. The van der Waals surface area contributed by atoms with Crippen molar-refractivity contribution in [1.29, 1.82) is 0 Å². The molecule has 1 aromatic heterocycles. The van der Waals surface area contributed by atoms with Crippen molar-refractivity contribution >= 4 is 68.4 Å². The summed E-state index contributed by atoms with van der Waals surface area (Å²) in [6.45, 7) is 1.31. The summed E-state index contributed by atoms with van der Waals surface area (Å²) in [5.41, 5.74) is 1.44. The number of carbonyl (C=O) groups is 1. The molecule has 8 heteroatoms. The van der Waals surface area contributed by atoms with Crippen molar-refractivity contribution in [3.63, 3.8) is 0 Å². The molecule has 0 aliphatic carbocycles. The first-order valence-corrected chi connectivity index (χ1v) is 10.6. The number of carbonyl (C=O) groups excluding carboxylic acids is 1. The second kappa shape index (κ2) is 9.75. The third-order valence-electron chi connectivity index (χ3n) is 3.94. The van der Waals surface area contributed by atoms with Crippen LogP contribution in [-0.2, 0) is 0 Å². The van der Waals surface area contributed by atoms with E-state index in [1.165, 1.54) is 11.3 Å². The molecule has 3 rings (SSSR count). The number of thioether (sulfide) groups is 1. The Labute approximate surface area is 178 Å². The van der Waals surface area contributed by atoms with Gasteiger partial charge in [-0.1, -0.05) is 41.1 Å². The van der Waals surface area contributed by atoms with Crippen molar-refractivity contribution in [2.75, 3.05) is 38.3 Å². The SMILES string of the molecule is CSc1ccccc1C(=O)N(CCN(C)C)c1nc2c(Cl)cccc2s1.Cl. The predicted molar refractivity (Wildman–Crippen MR) is 120 cm³/mol. The minimum Gasteiger partial charge on any atom is -0.308 e. The third-order valence-corrected chi connectivity index (χ3v) is 6.09. The van der Waals surface area contributed by atoms with Crippen molar-refractivity contribution in [1.82, 2.24) is 9.88 Å². The van der Waals surface area contributed by atoms with Crippen molar-refractivity contribution in [3.8, 4) is 0 Å². The zero-order valence-corrected chi connectivity index (χ0v) is 18.5. The van der Waals surface area contributed by atoms with Crippen LogP contribution in [0.15, 0.2) is 47.4 Å². The maximum absolute atomic E-state index is 13.3. The van der Waals surface area contributed by atoms with Crippen molar-refractivity contribution in [2.24, 2.45) is 0 Å². The van der Waals surface area contributed by atoms with Crippen LogP contribution in [-0.4, -0.2) is 49.2 Å². The number of rotatable bonds is 6. The molecule has 144 valence electrons. The Kier molecular flexibility index (Phi) is 7.94. The van der Waals surface area contributed by atoms with Crippen molar-refractivity contribution < 1.29 is 4.79 Å². The number of hydrogen-bond acceptors (Lipinski definition) is 5. The van der Waals surface area contributed by atoms with Gasteiger partial charge < -0.3 is 4.90 Å². The molecule has 1 heterocycles. The number of para-hydroxylation sites is 1. The molecule has 1 amide bonds. The Balaban J connectivity index is 0.00000261. The number of thiazole rings is 1. The second-order valence-electron chi connectivity index (χ2n) is 6.04. The lowest BCUT2D eigenvalue weighted by Gasteiger charge is -2.22.